The molecule has 0 aliphatic heterocycles. The van der Waals surface area contributed by atoms with E-state index in [1.165, 1.54) is 0 Å². The van der Waals surface area contributed by atoms with Crippen molar-refractivity contribution >= 4 is 5.97 Å². The predicted molar refractivity (Wildman–Crippen MR) is 82.9 cm³/mol. The molecule has 0 fully saturated rings. The van der Waals surface area contributed by atoms with Gasteiger partial charge in [0.25, 0.3) is 0 Å². The molecule has 0 saturated heterocycles. The maximum absolute atomic E-state index is 11.5. The topological polar surface area (TPSA) is 81.8 Å². The average Bonchev–Trinajstić information content (AvgIpc) is 2.53. The second-order valence-electron chi connectivity index (χ2n) is 4.71. The van der Waals surface area contributed by atoms with Gasteiger partial charge in [0.1, 0.15) is 17.9 Å². The van der Waals surface area contributed by atoms with Crippen LogP contribution in [0.5, 0.6) is 5.75 Å². The first-order chi connectivity index (χ1) is 10.7. The largest absolute Gasteiger partial charge is 0.491 e. The Morgan fingerprint density at radius 2 is 1.82 bits per heavy atom. The number of carbonyl (C=O) groups is 1. The van der Waals surface area contributed by atoms with E-state index >= 15 is 0 Å². The summed E-state index contributed by atoms with van der Waals surface area (Å²) in [6.07, 6.45) is 0. The normalized spacial score (nSPS) is 10.4. The molecule has 5 nitrogen and oxygen atoms in total. The molecule has 2 aromatic carbocycles. The maximum Gasteiger partial charge on any atom is 0.339 e. The molecule has 0 heterocycles. The number of rotatable bonds is 8. The number of aromatic carboxylic acids is 1. The standard InChI is InChI=1S/C17H19NO4/c18-9-10-22-15-8-4-7-14(16(15)17(19)20)12-21-11-13-5-2-1-3-6-13/h1-8H,9-12,18H2,(H,19,20). The molecule has 0 unspecified atom stereocenters. The lowest BCUT2D eigenvalue weighted by Crippen LogP contribution is -2.14. The minimum absolute atomic E-state index is 0.129. The first-order valence-corrected chi connectivity index (χ1v) is 7.02. The Balaban J connectivity index is 2.07. The molecule has 3 N–H and O–H groups in total. The molecule has 116 valence electrons. The molecular weight excluding hydrogens is 282 g/mol. The van der Waals surface area contributed by atoms with Crippen molar-refractivity contribution in [1.29, 1.82) is 0 Å². The number of benzene rings is 2. The van der Waals surface area contributed by atoms with Gasteiger partial charge < -0.3 is 20.3 Å². The molecule has 0 amide bonds. The van der Waals surface area contributed by atoms with Crippen molar-refractivity contribution in [3.63, 3.8) is 0 Å². The van der Waals surface area contributed by atoms with Gasteiger partial charge in [-0.25, -0.2) is 4.79 Å². The Morgan fingerprint density at radius 3 is 2.50 bits per heavy atom. The molecule has 0 spiro atoms. The Morgan fingerprint density at radius 1 is 1.05 bits per heavy atom. The molecule has 0 aromatic heterocycles. The second-order valence-corrected chi connectivity index (χ2v) is 4.71. The van der Waals surface area contributed by atoms with Crippen molar-refractivity contribution in [3.8, 4) is 5.75 Å². The lowest BCUT2D eigenvalue weighted by molar-refractivity contribution is 0.0679. The molecule has 2 rings (SSSR count). The highest BCUT2D eigenvalue weighted by Crippen LogP contribution is 2.23. The van der Waals surface area contributed by atoms with Crippen LogP contribution in [-0.2, 0) is 18.0 Å². The highest BCUT2D eigenvalue weighted by Gasteiger charge is 2.16. The predicted octanol–water partition coefficient (Wildman–Crippen LogP) is 2.44. The highest BCUT2D eigenvalue weighted by atomic mass is 16.5. The van der Waals surface area contributed by atoms with Crippen LogP contribution in [0.25, 0.3) is 0 Å². The maximum atomic E-state index is 11.5. The fourth-order valence-corrected chi connectivity index (χ4v) is 2.08. The Labute approximate surface area is 129 Å². The van der Waals surface area contributed by atoms with Crippen LogP contribution in [0.1, 0.15) is 21.5 Å². The second kappa shape index (κ2) is 8.17. The zero-order valence-corrected chi connectivity index (χ0v) is 12.2. The summed E-state index contributed by atoms with van der Waals surface area (Å²) in [6, 6.07) is 14.8. The van der Waals surface area contributed by atoms with E-state index in [1.807, 2.05) is 30.3 Å². The van der Waals surface area contributed by atoms with Crippen molar-refractivity contribution in [2.24, 2.45) is 5.73 Å². The van der Waals surface area contributed by atoms with Crippen LogP contribution < -0.4 is 10.5 Å². The van der Waals surface area contributed by atoms with Crippen molar-refractivity contribution < 1.29 is 19.4 Å². The van der Waals surface area contributed by atoms with E-state index in [2.05, 4.69) is 0 Å². The van der Waals surface area contributed by atoms with Gasteiger partial charge in [0.2, 0.25) is 0 Å². The van der Waals surface area contributed by atoms with E-state index < -0.39 is 5.97 Å². The van der Waals surface area contributed by atoms with Crippen LogP contribution in [0.3, 0.4) is 0 Å². The molecule has 0 radical (unpaired) electrons. The van der Waals surface area contributed by atoms with Crippen LogP contribution in [0.2, 0.25) is 0 Å². The number of carboxylic acid groups (broad SMARTS) is 1. The van der Waals surface area contributed by atoms with E-state index in [9.17, 15) is 9.90 Å². The summed E-state index contributed by atoms with van der Waals surface area (Å²) < 4.78 is 11.0. The van der Waals surface area contributed by atoms with E-state index in [-0.39, 0.29) is 18.8 Å². The summed E-state index contributed by atoms with van der Waals surface area (Å²) in [5.74, 6) is -0.718. The monoisotopic (exact) mass is 301 g/mol. The quantitative estimate of drug-likeness (QED) is 0.782. The van der Waals surface area contributed by atoms with Gasteiger partial charge in [0, 0.05) is 6.54 Å². The Bertz CT molecular complexity index is 613. The van der Waals surface area contributed by atoms with Crippen molar-refractivity contribution in [2.75, 3.05) is 13.2 Å². The molecule has 0 aliphatic rings. The average molecular weight is 301 g/mol. The van der Waals surface area contributed by atoms with Gasteiger partial charge in [-0.1, -0.05) is 42.5 Å². The first kappa shape index (κ1) is 16.0. The van der Waals surface area contributed by atoms with Crippen LogP contribution >= 0.6 is 0 Å². The minimum Gasteiger partial charge on any atom is -0.491 e. The van der Waals surface area contributed by atoms with E-state index in [1.54, 1.807) is 18.2 Å². The SMILES string of the molecule is NCCOc1cccc(COCc2ccccc2)c1C(=O)O. The number of hydrogen-bond acceptors (Lipinski definition) is 4. The zero-order valence-electron chi connectivity index (χ0n) is 12.2. The third-order valence-electron chi connectivity index (χ3n) is 3.07. The molecular formula is C17H19NO4. The van der Waals surface area contributed by atoms with Crippen molar-refractivity contribution in [3.05, 3.63) is 65.2 Å². The van der Waals surface area contributed by atoms with Gasteiger partial charge in [-0.15, -0.1) is 0 Å². The van der Waals surface area contributed by atoms with Gasteiger partial charge in [0.15, 0.2) is 0 Å². The molecule has 0 saturated carbocycles. The number of nitrogens with two attached hydrogens (primary N) is 1. The minimum atomic E-state index is -1.04. The Hall–Kier alpha value is -2.37. The molecule has 5 heteroatoms. The van der Waals surface area contributed by atoms with Gasteiger partial charge in [-0.3, -0.25) is 0 Å². The van der Waals surface area contributed by atoms with Crippen molar-refractivity contribution in [1.82, 2.24) is 0 Å². The summed E-state index contributed by atoms with van der Waals surface area (Å²) in [6.45, 7) is 1.23. The van der Waals surface area contributed by atoms with Gasteiger partial charge in [0.05, 0.1) is 13.2 Å². The van der Waals surface area contributed by atoms with Crippen LogP contribution in [-0.4, -0.2) is 24.2 Å². The molecule has 0 bridgehead atoms. The van der Waals surface area contributed by atoms with E-state index in [0.29, 0.717) is 24.5 Å². The van der Waals surface area contributed by atoms with Crippen LogP contribution in [0, 0.1) is 0 Å². The summed E-state index contributed by atoms with van der Waals surface area (Å²) in [4.78, 5) is 11.5. The fraction of sp³-hybridized carbons (Fsp3) is 0.235. The van der Waals surface area contributed by atoms with E-state index in [0.717, 1.165) is 5.56 Å². The van der Waals surface area contributed by atoms with E-state index in [4.69, 9.17) is 15.2 Å². The van der Waals surface area contributed by atoms with Crippen molar-refractivity contribution in [2.45, 2.75) is 13.2 Å². The zero-order chi connectivity index (χ0) is 15.8. The molecule has 0 atom stereocenters. The summed E-state index contributed by atoms with van der Waals surface area (Å²) in [5, 5.41) is 9.40. The molecule has 2 aromatic rings. The lowest BCUT2D eigenvalue weighted by Gasteiger charge is -2.12. The first-order valence-electron chi connectivity index (χ1n) is 7.02. The summed E-state index contributed by atoms with van der Waals surface area (Å²) >= 11 is 0. The summed E-state index contributed by atoms with van der Waals surface area (Å²) in [5.41, 5.74) is 7.14. The van der Waals surface area contributed by atoms with Gasteiger partial charge in [-0.2, -0.15) is 0 Å². The molecule has 22 heavy (non-hydrogen) atoms. The van der Waals surface area contributed by atoms with Crippen LogP contribution in [0.15, 0.2) is 48.5 Å². The summed E-state index contributed by atoms with van der Waals surface area (Å²) in [7, 11) is 0. The van der Waals surface area contributed by atoms with Gasteiger partial charge in [-0.05, 0) is 17.2 Å². The lowest BCUT2D eigenvalue weighted by atomic mass is 10.1. The highest BCUT2D eigenvalue weighted by molar-refractivity contribution is 5.92. The van der Waals surface area contributed by atoms with Crippen LogP contribution in [0.4, 0.5) is 0 Å². The molecule has 0 aliphatic carbocycles. The fourth-order valence-electron chi connectivity index (χ4n) is 2.08. The Kier molecular flexibility index (Phi) is 5.94. The van der Waals surface area contributed by atoms with Gasteiger partial charge >= 0.3 is 5.97 Å². The number of carboxylic acids is 1. The number of hydrogen-bond donors (Lipinski definition) is 2. The number of ether oxygens (including phenoxy) is 2. The third kappa shape index (κ3) is 4.31. The third-order valence-corrected chi connectivity index (χ3v) is 3.07. The smallest absolute Gasteiger partial charge is 0.339 e.